The molecule has 0 bridgehead atoms. The van der Waals surface area contributed by atoms with E-state index in [1.54, 1.807) is 6.21 Å². The fraction of sp³-hybridized carbons (Fsp3) is 0.385. The molecule has 5 nitrogen and oxygen atoms in total. The molecule has 1 aliphatic heterocycles. The van der Waals surface area contributed by atoms with Crippen molar-refractivity contribution >= 4 is 28.1 Å². The number of benzene rings is 1. The zero-order valence-corrected chi connectivity index (χ0v) is 12.1. The van der Waals surface area contributed by atoms with Crippen LogP contribution in [-0.2, 0) is 9.53 Å². The van der Waals surface area contributed by atoms with Gasteiger partial charge < -0.3 is 4.74 Å². The molecule has 0 spiro atoms. The Balaban J connectivity index is 1.74. The molecule has 0 saturated carbocycles. The molecular formula is C13H16BrN3O2. The van der Waals surface area contributed by atoms with Gasteiger partial charge in [-0.2, -0.15) is 5.10 Å². The number of halogens is 1. The van der Waals surface area contributed by atoms with Gasteiger partial charge in [0.25, 0.3) is 5.91 Å². The number of ether oxygens (including phenoxy) is 1. The van der Waals surface area contributed by atoms with Crippen LogP contribution >= 0.6 is 15.9 Å². The van der Waals surface area contributed by atoms with Crippen molar-refractivity contribution in [1.29, 1.82) is 0 Å². The highest BCUT2D eigenvalue weighted by atomic mass is 79.9. The molecule has 1 amide bonds. The van der Waals surface area contributed by atoms with Gasteiger partial charge in [-0.15, -0.1) is 0 Å². The van der Waals surface area contributed by atoms with Crippen LogP contribution in [0.25, 0.3) is 0 Å². The largest absolute Gasteiger partial charge is 0.379 e. The summed E-state index contributed by atoms with van der Waals surface area (Å²) in [6.07, 6.45) is 1.63. The van der Waals surface area contributed by atoms with Gasteiger partial charge in [-0.3, -0.25) is 9.69 Å². The van der Waals surface area contributed by atoms with Crippen molar-refractivity contribution < 1.29 is 9.53 Å². The summed E-state index contributed by atoms with van der Waals surface area (Å²) >= 11 is 3.36. The molecule has 1 saturated heterocycles. The van der Waals surface area contributed by atoms with Crippen LogP contribution in [0.3, 0.4) is 0 Å². The first-order valence-corrected chi connectivity index (χ1v) is 6.91. The van der Waals surface area contributed by atoms with Crippen LogP contribution in [-0.4, -0.2) is 49.9 Å². The van der Waals surface area contributed by atoms with E-state index < -0.39 is 0 Å². The Labute approximate surface area is 120 Å². The lowest BCUT2D eigenvalue weighted by atomic mass is 10.2. The number of rotatable bonds is 4. The van der Waals surface area contributed by atoms with Gasteiger partial charge in [-0.25, -0.2) is 5.43 Å². The van der Waals surface area contributed by atoms with Gasteiger partial charge in [0, 0.05) is 17.6 Å². The Morgan fingerprint density at radius 1 is 1.37 bits per heavy atom. The molecule has 1 aliphatic rings. The number of nitrogens with one attached hydrogen (secondary N) is 1. The van der Waals surface area contributed by atoms with Gasteiger partial charge in [-0.05, 0) is 17.7 Å². The second-order valence-corrected chi connectivity index (χ2v) is 5.15. The standard InChI is InChI=1S/C13H16BrN3O2/c14-12-3-1-11(2-4-12)9-15-16-13(18)10-17-5-7-19-8-6-17/h1-4,9H,5-8,10H2,(H,16,18). The average molecular weight is 326 g/mol. The number of morpholine rings is 1. The van der Waals surface area contributed by atoms with Crippen LogP contribution in [0.4, 0.5) is 0 Å². The fourth-order valence-electron chi connectivity index (χ4n) is 1.73. The lowest BCUT2D eigenvalue weighted by Crippen LogP contribution is -2.42. The zero-order valence-electron chi connectivity index (χ0n) is 10.5. The molecule has 6 heteroatoms. The van der Waals surface area contributed by atoms with E-state index >= 15 is 0 Å². The number of carbonyl (C=O) groups excluding carboxylic acids is 1. The monoisotopic (exact) mass is 325 g/mol. The number of hydrazone groups is 1. The van der Waals surface area contributed by atoms with Crippen LogP contribution in [0.2, 0.25) is 0 Å². The Bertz CT molecular complexity index is 442. The quantitative estimate of drug-likeness (QED) is 0.669. The lowest BCUT2D eigenvalue weighted by Gasteiger charge is -2.25. The van der Waals surface area contributed by atoms with Crippen molar-refractivity contribution in [2.45, 2.75) is 0 Å². The molecule has 0 aromatic heterocycles. The highest BCUT2D eigenvalue weighted by molar-refractivity contribution is 9.10. The Hall–Kier alpha value is -1.24. The minimum absolute atomic E-state index is 0.102. The van der Waals surface area contributed by atoms with E-state index in [1.807, 2.05) is 29.2 Å². The molecule has 1 aromatic rings. The smallest absolute Gasteiger partial charge is 0.254 e. The van der Waals surface area contributed by atoms with Gasteiger partial charge >= 0.3 is 0 Å². The Morgan fingerprint density at radius 3 is 2.74 bits per heavy atom. The predicted octanol–water partition coefficient (Wildman–Crippen LogP) is 1.23. The SMILES string of the molecule is O=C(CN1CCOCC1)NN=Cc1ccc(Br)cc1. The van der Waals surface area contributed by atoms with Crippen molar-refractivity contribution in [1.82, 2.24) is 10.3 Å². The lowest BCUT2D eigenvalue weighted by molar-refractivity contribution is -0.123. The van der Waals surface area contributed by atoms with E-state index in [1.165, 1.54) is 0 Å². The second-order valence-electron chi connectivity index (χ2n) is 4.23. The van der Waals surface area contributed by atoms with E-state index in [4.69, 9.17) is 4.74 Å². The highest BCUT2D eigenvalue weighted by Crippen LogP contribution is 2.08. The molecular weight excluding hydrogens is 310 g/mol. The van der Waals surface area contributed by atoms with Crippen LogP contribution in [0.15, 0.2) is 33.8 Å². The third-order valence-electron chi connectivity index (χ3n) is 2.74. The molecule has 0 atom stereocenters. The molecule has 1 N–H and O–H groups in total. The van der Waals surface area contributed by atoms with Crippen LogP contribution in [0.1, 0.15) is 5.56 Å². The fourth-order valence-corrected chi connectivity index (χ4v) is 1.99. The number of nitrogens with zero attached hydrogens (tertiary/aromatic N) is 2. The minimum Gasteiger partial charge on any atom is -0.379 e. The second kappa shape index (κ2) is 7.37. The van der Waals surface area contributed by atoms with Crippen LogP contribution < -0.4 is 5.43 Å². The summed E-state index contributed by atoms with van der Waals surface area (Å²) < 4.78 is 6.24. The summed E-state index contributed by atoms with van der Waals surface area (Å²) in [6, 6.07) is 7.69. The van der Waals surface area contributed by atoms with Crippen molar-refractivity contribution in [2.24, 2.45) is 5.10 Å². The maximum Gasteiger partial charge on any atom is 0.254 e. The third kappa shape index (κ3) is 5.10. The van der Waals surface area contributed by atoms with Gasteiger partial charge in [0.05, 0.1) is 26.0 Å². The first-order valence-electron chi connectivity index (χ1n) is 6.11. The Morgan fingerprint density at radius 2 is 2.05 bits per heavy atom. The predicted molar refractivity (Wildman–Crippen MR) is 77.1 cm³/mol. The first kappa shape index (κ1) is 14.2. The van der Waals surface area contributed by atoms with Crippen molar-refractivity contribution in [3.05, 3.63) is 34.3 Å². The van der Waals surface area contributed by atoms with Crippen molar-refractivity contribution in [2.75, 3.05) is 32.8 Å². The molecule has 0 unspecified atom stereocenters. The van der Waals surface area contributed by atoms with E-state index in [-0.39, 0.29) is 5.91 Å². The summed E-state index contributed by atoms with van der Waals surface area (Å²) in [6.45, 7) is 3.33. The number of carbonyl (C=O) groups is 1. The highest BCUT2D eigenvalue weighted by Gasteiger charge is 2.13. The number of hydrogen-bond acceptors (Lipinski definition) is 4. The number of amides is 1. The van der Waals surface area contributed by atoms with Crippen molar-refractivity contribution in [3.8, 4) is 0 Å². The first-order chi connectivity index (χ1) is 9.24. The molecule has 102 valence electrons. The normalized spacial score (nSPS) is 16.7. The zero-order chi connectivity index (χ0) is 13.5. The third-order valence-corrected chi connectivity index (χ3v) is 3.27. The number of hydrogen-bond donors (Lipinski definition) is 1. The summed E-state index contributed by atoms with van der Waals surface area (Å²) in [4.78, 5) is 13.7. The van der Waals surface area contributed by atoms with Crippen LogP contribution in [0.5, 0.6) is 0 Å². The topological polar surface area (TPSA) is 53.9 Å². The van der Waals surface area contributed by atoms with Crippen LogP contribution in [0, 0.1) is 0 Å². The molecule has 0 radical (unpaired) electrons. The van der Waals surface area contributed by atoms with Gasteiger partial charge in [0.2, 0.25) is 0 Å². The molecule has 1 heterocycles. The molecule has 2 rings (SSSR count). The summed E-state index contributed by atoms with van der Waals surface area (Å²) in [5.41, 5.74) is 3.47. The molecule has 0 aliphatic carbocycles. The summed E-state index contributed by atoms with van der Waals surface area (Å²) in [5, 5.41) is 3.94. The van der Waals surface area contributed by atoms with Gasteiger partial charge in [-0.1, -0.05) is 28.1 Å². The molecule has 1 fully saturated rings. The Kier molecular flexibility index (Phi) is 5.50. The minimum atomic E-state index is -0.102. The van der Waals surface area contributed by atoms with E-state index in [2.05, 4.69) is 26.5 Å². The van der Waals surface area contributed by atoms with Gasteiger partial charge in [0.15, 0.2) is 0 Å². The maximum absolute atomic E-state index is 11.6. The maximum atomic E-state index is 11.6. The van der Waals surface area contributed by atoms with E-state index in [0.29, 0.717) is 19.8 Å². The van der Waals surface area contributed by atoms with E-state index in [0.717, 1.165) is 23.1 Å². The average Bonchev–Trinajstić information content (AvgIpc) is 2.42. The molecule has 1 aromatic carbocycles. The van der Waals surface area contributed by atoms with E-state index in [9.17, 15) is 4.79 Å². The summed E-state index contributed by atoms with van der Waals surface area (Å²) in [5.74, 6) is -0.102. The summed E-state index contributed by atoms with van der Waals surface area (Å²) in [7, 11) is 0. The van der Waals surface area contributed by atoms with Crippen molar-refractivity contribution in [3.63, 3.8) is 0 Å². The van der Waals surface area contributed by atoms with Gasteiger partial charge in [0.1, 0.15) is 0 Å². The molecule has 19 heavy (non-hydrogen) atoms.